The molecule has 0 aromatic carbocycles. The zero-order chi connectivity index (χ0) is 8.04. The fraction of sp³-hybridized carbons (Fsp3) is 1.00. The minimum atomic E-state index is 0.688. The van der Waals surface area contributed by atoms with Gasteiger partial charge in [-0.25, -0.2) is 0 Å². The van der Waals surface area contributed by atoms with Crippen LogP contribution in [0.15, 0.2) is 0 Å². The number of rotatable bonds is 5. The Labute approximate surface area is 83.2 Å². The molecule has 0 unspecified atom stereocenters. The van der Waals surface area contributed by atoms with Gasteiger partial charge in [0.15, 0.2) is 0 Å². The SMILES string of the molecule is CCCCCC[C](C)(C)[Na]. The third-order valence-electron chi connectivity index (χ3n) is 1.78. The molecule has 1 heteroatoms. The van der Waals surface area contributed by atoms with Gasteiger partial charge in [-0.05, 0) is 0 Å². The van der Waals surface area contributed by atoms with E-state index in [1.54, 1.807) is 0 Å². The number of hydrogen-bond acceptors (Lipinski definition) is 0. The van der Waals surface area contributed by atoms with Crippen molar-refractivity contribution in [1.82, 2.24) is 0 Å². The fourth-order valence-corrected chi connectivity index (χ4v) is 1.44. The predicted molar refractivity (Wildman–Crippen MR) is 48.6 cm³/mol. The van der Waals surface area contributed by atoms with Crippen LogP contribution in [0.4, 0.5) is 0 Å². The van der Waals surface area contributed by atoms with Gasteiger partial charge in [0.2, 0.25) is 0 Å². The third-order valence-corrected chi connectivity index (χ3v) is 2.28. The average Bonchev–Trinajstić information content (AvgIpc) is 1.78. The monoisotopic (exact) mass is 150 g/mol. The van der Waals surface area contributed by atoms with Crippen LogP contribution in [-0.2, 0) is 0 Å². The molecule has 0 aliphatic rings. The van der Waals surface area contributed by atoms with E-state index in [0.717, 1.165) is 0 Å². The third kappa shape index (κ3) is 9.00. The van der Waals surface area contributed by atoms with Crippen LogP contribution < -0.4 is 0 Å². The zero-order valence-corrected chi connectivity index (χ0v) is 10.0. The van der Waals surface area contributed by atoms with E-state index in [2.05, 4.69) is 20.8 Å². The Morgan fingerprint density at radius 3 is 2.10 bits per heavy atom. The first-order valence-electron chi connectivity index (χ1n) is 4.56. The molecule has 0 amide bonds. The van der Waals surface area contributed by atoms with Gasteiger partial charge in [0.05, 0.1) is 0 Å². The Balaban J connectivity index is 3.04. The predicted octanol–water partition coefficient (Wildman–Crippen LogP) is 3.32. The molecule has 0 aromatic rings. The maximum atomic E-state index is 2.38. The summed E-state index contributed by atoms with van der Waals surface area (Å²) in [6.45, 7) is 7.03. The van der Waals surface area contributed by atoms with Gasteiger partial charge in [-0.3, -0.25) is 0 Å². The van der Waals surface area contributed by atoms with Crippen molar-refractivity contribution in [3.05, 3.63) is 0 Å². The first-order chi connectivity index (χ1) is 4.56. The van der Waals surface area contributed by atoms with Gasteiger partial charge in [-0.2, -0.15) is 0 Å². The molecular weight excluding hydrogens is 131 g/mol. The van der Waals surface area contributed by atoms with E-state index in [9.17, 15) is 0 Å². The number of unbranched alkanes of at least 4 members (excludes halogenated alkanes) is 3. The van der Waals surface area contributed by atoms with Crippen LogP contribution in [0.2, 0.25) is 2.66 Å². The molecule has 0 fully saturated rings. The molecule has 0 aromatic heterocycles. The standard InChI is InChI=1S/C9H19.Na/c1-4-5-6-7-8-9(2)3;/h4-8H2,1-3H3;. The van der Waals surface area contributed by atoms with Crippen molar-refractivity contribution in [2.24, 2.45) is 0 Å². The van der Waals surface area contributed by atoms with Crippen molar-refractivity contribution >= 4 is 27.9 Å². The molecule has 56 valence electrons. The Bertz CT molecular complexity index is 71.3. The Morgan fingerprint density at radius 1 is 1.10 bits per heavy atom. The molecule has 0 aliphatic heterocycles. The van der Waals surface area contributed by atoms with Crippen molar-refractivity contribution in [3.63, 3.8) is 0 Å². The second-order valence-electron chi connectivity index (χ2n) is 4.37. The van der Waals surface area contributed by atoms with Gasteiger partial charge < -0.3 is 0 Å². The van der Waals surface area contributed by atoms with E-state index in [4.69, 9.17) is 0 Å². The molecule has 0 bridgehead atoms. The molecule has 0 saturated heterocycles. The second kappa shape index (κ2) is 5.62. The molecule has 0 heterocycles. The summed E-state index contributed by atoms with van der Waals surface area (Å²) in [5, 5.41) is 0. The molecule has 0 N–H and O–H groups in total. The summed E-state index contributed by atoms with van der Waals surface area (Å²) in [6, 6.07) is 0. The van der Waals surface area contributed by atoms with Gasteiger partial charge in [0.1, 0.15) is 0 Å². The van der Waals surface area contributed by atoms with Crippen LogP contribution in [0, 0.1) is 0 Å². The van der Waals surface area contributed by atoms with Crippen LogP contribution in [0.1, 0.15) is 52.9 Å². The zero-order valence-electron chi connectivity index (χ0n) is 8.04. The first-order valence-corrected chi connectivity index (χ1v) is 5.56. The fourth-order valence-electron chi connectivity index (χ4n) is 1.08. The van der Waals surface area contributed by atoms with Crippen molar-refractivity contribution in [1.29, 1.82) is 0 Å². The summed E-state index contributed by atoms with van der Waals surface area (Å²) >= 11 is 1.35. The quantitative estimate of drug-likeness (QED) is 0.416. The van der Waals surface area contributed by atoms with Crippen molar-refractivity contribution in [2.45, 2.75) is 55.5 Å². The maximum absolute atomic E-state index is 2.38. The molecule has 0 atom stereocenters. The van der Waals surface area contributed by atoms with Crippen molar-refractivity contribution < 1.29 is 0 Å². The van der Waals surface area contributed by atoms with Crippen LogP contribution in [0.5, 0.6) is 0 Å². The Hall–Kier alpha value is 1.00. The van der Waals surface area contributed by atoms with Crippen LogP contribution in [0.25, 0.3) is 0 Å². The Morgan fingerprint density at radius 2 is 1.70 bits per heavy atom. The van der Waals surface area contributed by atoms with Crippen molar-refractivity contribution in [2.75, 3.05) is 0 Å². The van der Waals surface area contributed by atoms with Gasteiger partial charge in [-0.1, -0.05) is 0 Å². The molecule has 0 radical (unpaired) electrons. The second-order valence-corrected chi connectivity index (χ2v) is 7.08. The van der Waals surface area contributed by atoms with E-state index in [1.165, 1.54) is 60.0 Å². The van der Waals surface area contributed by atoms with E-state index >= 15 is 0 Å². The molecule has 0 nitrogen and oxygen atoms in total. The summed E-state index contributed by atoms with van der Waals surface area (Å²) in [6.07, 6.45) is 7.13. The number of hydrogen-bond donors (Lipinski definition) is 0. The van der Waals surface area contributed by atoms with Gasteiger partial charge in [0, 0.05) is 0 Å². The van der Waals surface area contributed by atoms with E-state index < -0.39 is 0 Å². The van der Waals surface area contributed by atoms with Crippen LogP contribution in [-0.4, -0.2) is 27.9 Å². The first kappa shape index (κ1) is 11.0. The summed E-state index contributed by atoms with van der Waals surface area (Å²) in [5.41, 5.74) is 0. The topological polar surface area (TPSA) is 0 Å². The average molecular weight is 150 g/mol. The molecule has 0 spiro atoms. The summed E-state index contributed by atoms with van der Waals surface area (Å²) < 4.78 is 0.688. The van der Waals surface area contributed by atoms with Gasteiger partial charge >= 0.3 is 83.5 Å². The van der Waals surface area contributed by atoms with E-state index in [1.807, 2.05) is 0 Å². The van der Waals surface area contributed by atoms with Crippen LogP contribution in [0.3, 0.4) is 0 Å². The molecule has 10 heavy (non-hydrogen) atoms. The summed E-state index contributed by atoms with van der Waals surface area (Å²) in [7, 11) is 0. The summed E-state index contributed by atoms with van der Waals surface area (Å²) in [4.78, 5) is 0. The Kier molecular flexibility index (Phi) is 6.19. The molecular formula is C9H19Na. The molecule has 0 aliphatic carbocycles. The van der Waals surface area contributed by atoms with E-state index in [-0.39, 0.29) is 0 Å². The molecule has 0 saturated carbocycles. The molecule has 0 rings (SSSR count). The van der Waals surface area contributed by atoms with Crippen LogP contribution >= 0.6 is 0 Å². The van der Waals surface area contributed by atoms with Gasteiger partial charge in [0.25, 0.3) is 0 Å². The summed E-state index contributed by atoms with van der Waals surface area (Å²) in [5.74, 6) is 0. The minimum absolute atomic E-state index is 0.688. The van der Waals surface area contributed by atoms with E-state index in [0.29, 0.717) is 2.66 Å². The normalized spacial score (nSPS) is 12.1. The van der Waals surface area contributed by atoms with Crippen molar-refractivity contribution in [3.8, 4) is 0 Å². The van der Waals surface area contributed by atoms with Gasteiger partial charge in [-0.15, -0.1) is 0 Å².